The monoisotopic (exact) mass is 414 g/mol. The fraction of sp³-hybridized carbons (Fsp3) is 0.0417. The van der Waals surface area contributed by atoms with E-state index in [1.54, 1.807) is 42.5 Å². The van der Waals surface area contributed by atoms with E-state index in [9.17, 15) is 20.0 Å². The average Bonchev–Trinajstić information content (AvgIpc) is 2.78. The number of benzene rings is 3. The Bertz CT molecular complexity index is 1160. The topological polar surface area (TPSA) is 120 Å². The Labute approximate surface area is 178 Å². The predicted octanol–water partition coefficient (Wildman–Crippen LogP) is 4.22. The van der Waals surface area contributed by atoms with Crippen molar-refractivity contribution >= 4 is 23.6 Å². The maximum atomic E-state index is 12.3. The molecule has 0 spiro atoms. The summed E-state index contributed by atoms with van der Waals surface area (Å²) in [5.74, 6) is -0.927. The molecule has 3 aromatic rings. The summed E-state index contributed by atoms with van der Waals surface area (Å²) in [5.41, 5.74) is 1.93. The van der Waals surface area contributed by atoms with Gasteiger partial charge in [0.2, 0.25) is 0 Å². The number of rotatable bonds is 7. The number of phenols is 1. The van der Waals surface area contributed by atoms with Crippen LogP contribution in [0.4, 0.5) is 5.69 Å². The second kappa shape index (κ2) is 9.76. The second-order valence-electron chi connectivity index (χ2n) is 6.53. The number of aromatic carboxylic acids is 1. The first-order valence-electron chi connectivity index (χ1n) is 9.22. The Hall–Kier alpha value is -4.57. The predicted molar refractivity (Wildman–Crippen MR) is 115 cm³/mol. The first-order chi connectivity index (χ1) is 14.9. The highest BCUT2D eigenvalue weighted by Gasteiger charge is 2.10. The quantitative estimate of drug-likeness (QED) is 0.303. The van der Waals surface area contributed by atoms with Gasteiger partial charge in [-0.05, 0) is 65.7 Å². The summed E-state index contributed by atoms with van der Waals surface area (Å²) in [6.07, 6.45) is 1.45. The van der Waals surface area contributed by atoms with E-state index >= 15 is 0 Å². The number of hydrogen-bond acceptors (Lipinski definition) is 5. The van der Waals surface area contributed by atoms with Crippen LogP contribution in [0.5, 0.6) is 11.5 Å². The minimum atomic E-state index is -0.999. The zero-order valence-electron chi connectivity index (χ0n) is 16.3. The van der Waals surface area contributed by atoms with E-state index in [4.69, 9.17) is 9.84 Å². The molecule has 0 radical (unpaired) electrons. The maximum Gasteiger partial charge on any atom is 0.335 e. The number of amides is 1. The van der Waals surface area contributed by atoms with Crippen LogP contribution in [0.3, 0.4) is 0 Å². The molecule has 0 aliphatic heterocycles. The summed E-state index contributed by atoms with van der Waals surface area (Å²) in [6, 6.07) is 21.1. The highest BCUT2D eigenvalue weighted by molar-refractivity contribution is 6.09. The Morgan fingerprint density at radius 2 is 1.74 bits per heavy atom. The maximum absolute atomic E-state index is 12.3. The largest absolute Gasteiger partial charge is 0.508 e. The summed E-state index contributed by atoms with van der Waals surface area (Å²) < 4.78 is 5.67. The van der Waals surface area contributed by atoms with Gasteiger partial charge in [-0.1, -0.05) is 24.3 Å². The Morgan fingerprint density at radius 1 is 1.03 bits per heavy atom. The van der Waals surface area contributed by atoms with Crippen molar-refractivity contribution in [3.05, 3.63) is 95.1 Å². The zero-order valence-corrected chi connectivity index (χ0v) is 16.3. The minimum absolute atomic E-state index is 0.0750. The van der Waals surface area contributed by atoms with Crippen molar-refractivity contribution in [1.82, 2.24) is 0 Å². The van der Waals surface area contributed by atoms with Gasteiger partial charge in [0.05, 0.1) is 5.56 Å². The number of phenolic OH excluding ortho intramolecular Hbond substituents is 1. The van der Waals surface area contributed by atoms with Gasteiger partial charge >= 0.3 is 5.97 Å². The van der Waals surface area contributed by atoms with Crippen molar-refractivity contribution in [1.29, 1.82) is 5.26 Å². The lowest BCUT2D eigenvalue weighted by Gasteiger charge is -2.08. The number of carboxylic acid groups (broad SMARTS) is 1. The molecule has 0 saturated heterocycles. The van der Waals surface area contributed by atoms with Gasteiger partial charge in [-0.15, -0.1) is 0 Å². The number of aromatic hydroxyl groups is 1. The number of carboxylic acids is 1. The van der Waals surface area contributed by atoms with Crippen molar-refractivity contribution in [3.8, 4) is 17.6 Å². The number of nitrogens with zero attached hydrogens (tertiary/aromatic N) is 1. The third-order valence-corrected chi connectivity index (χ3v) is 4.26. The number of ether oxygens (including phenoxy) is 1. The smallest absolute Gasteiger partial charge is 0.335 e. The summed E-state index contributed by atoms with van der Waals surface area (Å²) in [5, 5.41) is 30.2. The van der Waals surface area contributed by atoms with Crippen molar-refractivity contribution in [2.24, 2.45) is 0 Å². The average molecular weight is 414 g/mol. The van der Waals surface area contributed by atoms with Crippen molar-refractivity contribution < 1.29 is 24.5 Å². The molecule has 0 fully saturated rings. The standard InChI is InChI=1S/C24H18N2O5/c25-14-19(23(28)26-20-6-8-21(27)9-7-20)12-16-4-10-22(11-5-16)31-15-17-2-1-3-18(13-17)24(29)30/h1-13,27H,15H2,(H,26,28)(H,29,30). The van der Waals surface area contributed by atoms with E-state index in [0.29, 0.717) is 17.0 Å². The molecular formula is C24H18N2O5. The van der Waals surface area contributed by atoms with Crippen molar-refractivity contribution in [2.75, 3.05) is 5.32 Å². The van der Waals surface area contributed by atoms with Gasteiger partial charge in [0, 0.05) is 5.69 Å². The summed E-state index contributed by atoms with van der Waals surface area (Å²) in [7, 11) is 0. The van der Waals surface area contributed by atoms with Gasteiger partial charge in [-0.25, -0.2) is 4.79 Å². The van der Waals surface area contributed by atoms with E-state index in [-0.39, 0.29) is 23.5 Å². The lowest BCUT2D eigenvalue weighted by molar-refractivity contribution is -0.112. The molecule has 1 amide bonds. The number of hydrogen-bond donors (Lipinski definition) is 3. The highest BCUT2D eigenvalue weighted by atomic mass is 16.5. The van der Waals surface area contributed by atoms with Crippen LogP contribution < -0.4 is 10.1 Å². The number of carbonyl (C=O) groups is 2. The van der Waals surface area contributed by atoms with Crippen LogP contribution in [0.2, 0.25) is 0 Å². The van der Waals surface area contributed by atoms with Crippen LogP contribution in [0.1, 0.15) is 21.5 Å². The molecule has 154 valence electrons. The molecule has 3 N–H and O–H groups in total. The molecule has 7 nitrogen and oxygen atoms in total. The third kappa shape index (κ3) is 5.95. The molecular weight excluding hydrogens is 396 g/mol. The highest BCUT2D eigenvalue weighted by Crippen LogP contribution is 2.18. The van der Waals surface area contributed by atoms with Gasteiger partial charge in [0.15, 0.2) is 0 Å². The number of carbonyl (C=O) groups excluding carboxylic acids is 1. The number of nitrogens with one attached hydrogen (secondary N) is 1. The molecule has 0 heterocycles. The van der Waals surface area contributed by atoms with E-state index in [0.717, 1.165) is 5.56 Å². The molecule has 0 aromatic heterocycles. The fourth-order valence-electron chi connectivity index (χ4n) is 2.68. The van der Waals surface area contributed by atoms with E-state index in [1.165, 1.54) is 36.4 Å². The third-order valence-electron chi connectivity index (χ3n) is 4.26. The summed E-state index contributed by atoms with van der Waals surface area (Å²) in [4.78, 5) is 23.3. The Morgan fingerprint density at radius 3 is 2.39 bits per heavy atom. The molecule has 0 atom stereocenters. The van der Waals surface area contributed by atoms with Crippen LogP contribution in [0.15, 0.2) is 78.4 Å². The van der Waals surface area contributed by atoms with Gasteiger partial charge in [0.1, 0.15) is 29.7 Å². The molecule has 0 aliphatic rings. The Kier molecular flexibility index (Phi) is 6.66. The lowest BCUT2D eigenvalue weighted by atomic mass is 10.1. The van der Waals surface area contributed by atoms with Gasteiger partial charge < -0.3 is 20.3 Å². The van der Waals surface area contributed by atoms with Crippen LogP contribution in [0, 0.1) is 11.3 Å². The van der Waals surface area contributed by atoms with Crippen LogP contribution in [-0.4, -0.2) is 22.1 Å². The summed E-state index contributed by atoms with van der Waals surface area (Å²) in [6.45, 7) is 0.203. The number of anilines is 1. The van der Waals surface area contributed by atoms with Crippen molar-refractivity contribution in [2.45, 2.75) is 6.61 Å². The van der Waals surface area contributed by atoms with Crippen LogP contribution in [0.25, 0.3) is 6.08 Å². The summed E-state index contributed by atoms with van der Waals surface area (Å²) >= 11 is 0. The molecule has 7 heteroatoms. The first-order valence-corrected chi connectivity index (χ1v) is 9.22. The van der Waals surface area contributed by atoms with Crippen molar-refractivity contribution in [3.63, 3.8) is 0 Å². The zero-order chi connectivity index (χ0) is 22.2. The molecule has 3 rings (SSSR count). The number of nitriles is 1. The van der Waals surface area contributed by atoms with Crippen LogP contribution >= 0.6 is 0 Å². The molecule has 0 bridgehead atoms. The Balaban J connectivity index is 1.64. The molecule has 0 aliphatic carbocycles. The van der Waals surface area contributed by atoms with Crippen LogP contribution in [-0.2, 0) is 11.4 Å². The fourth-order valence-corrected chi connectivity index (χ4v) is 2.68. The first kappa shape index (κ1) is 21.1. The van der Waals surface area contributed by atoms with Gasteiger partial charge in [-0.2, -0.15) is 5.26 Å². The minimum Gasteiger partial charge on any atom is -0.508 e. The van der Waals surface area contributed by atoms with E-state index in [1.807, 2.05) is 6.07 Å². The van der Waals surface area contributed by atoms with E-state index < -0.39 is 11.9 Å². The molecule has 0 saturated carbocycles. The normalized spacial score (nSPS) is 10.7. The van der Waals surface area contributed by atoms with Gasteiger partial charge in [0.25, 0.3) is 5.91 Å². The SMILES string of the molecule is N#CC(=Cc1ccc(OCc2cccc(C(=O)O)c2)cc1)C(=O)Nc1ccc(O)cc1. The van der Waals surface area contributed by atoms with Gasteiger partial charge in [-0.3, -0.25) is 4.79 Å². The molecule has 31 heavy (non-hydrogen) atoms. The second-order valence-corrected chi connectivity index (χ2v) is 6.53. The van der Waals surface area contributed by atoms with E-state index in [2.05, 4.69) is 5.32 Å². The lowest BCUT2D eigenvalue weighted by Crippen LogP contribution is -2.13. The molecule has 3 aromatic carbocycles. The molecule has 0 unspecified atom stereocenters.